The summed E-state index contributed by atoms with van der Waals surface area (Å²) >= 11 is 0. The Bertz CT molecular complexity index is 978. The minimum absolute atomic E-state index is 0.0125. The molecule has 0 unspecified atom stereocenters. The summed E-state index contributed by atoms with van der Waals surface area (Å²) in [7, 11) is 5.04. The molecule has 1 amide bonds. The Hall–Kier alpha value is -2.75. The van der Waals surface area contributed by atoms with Crippen molar-refractivity contribution in [3.8, 4) is 11.5 Å². The maximum absolute atomic E-state index is 12.8. The highest BCUT2D eigenvalue weighted by Crippen LogP contribution is 2.46. The zero-order chi connectivity index (χ0) is 16.8. The van der Waals surface area contributed by atoms with Crippen molar-refractivity contribution in [2.45, 2.75) is 6.42 Å². The standard InChI is InChI=1S/C20H19NO3/c1-21-11-10-15-14-9-8-12-6-4-5-7-13(12)16(14)18(23-2)19(24-3)17(15)20(21)22/h4-9H,10-11H2,1-3H3. The Labute approximate surface area is 140 Å². The third kappa shape index (κ3) is 1.89. The number of hydrogen-bond donors (Lipinski definition) is 0. The minimum Gasteiger partial charge on any atom is -0.492 e. The van der Waals surface area contributed by atoms with E-state index in [9.17, 15) is 4.79 Å². The van der Waals surface area contributed by atoms with Gasteiger partial charge in [0.1, 0.15) is 0 Å². The number of likely N-dealkylation sites (N-methyl/N-ethyl adjacent to an activating group) is 1. The molecule has 0 saturated carbocycles. The monoisotopic (exact) mass is 321 g/mol. The highest BCUT2D eigenvalue weighted by Gasteiger charge is 2.31. The molecule has 0 N–H and O–H groups in total. The number of rotatable bonds is 2. The highest BCUT2D eigenvalue weighted by atomic mass is 16.5. The predicted molar refractivity (Wildman–Crippen MR) is 95.2 cm³/mol. The number of amides is 1. The molecule has 1 aliphatic heterocycles. The quantitative estimate of drug-likeness (QED) is 0.677. The fourth-order valence-corrected chi connectivity index (χ4v) is 3.71. The average molecular weight is 321 g/mol. The van der Waals surface area contributed by atoms with Gasteiger partial charge in [-0.05, 0) is 28.1 Å². The number of carbonyl (C=O) groups is 1. The van der Waals surface area contributed by atoms with Crippen LogP contribution in [-0.2, 0) is 6.42 Å². The van der Waals surface area contributed by atoms with Crippen LogP contribution in [0.3, 0.4) is 0 Å². The molecule has 4 nitrogen and oxygen atoms in total. The van der Waals surface area contributed by atoms with E-state index in [0.717, 1.165) is 33.5 Å². The van der Waals surface area contributed by atoms with Crippen LogP contribution in [0.25, 0.3) is 21.5 Å². The largest absolute Gasteiger partial charge is 0.492 e. The third-order valence-corrected chi connectivity index (χ3v) is 4.88. The van der Waals surface area contributed by atoms with Crippen LogP contribution in [0.15, 0.2) is 36.4 Å². The van der Waals surface area contributed by atoms with Gasteiger partial charge in [-0.15, -0.1) is 0 Å². The van der Waals surface area contributed by atoms with Gasteiger partial charge in [0.2, 0.25) is 0 Å². The highest BCUT2D eigenvalue weighted by molar-refractivity contribution is 6.16. The van der Waals surface area contributed by atoms with E-state index < -0.39 is 0 Å². The van der Waals surface area contributed by atoms with E-state index in [1.807, 2.05) is 19.2 Å². The summed E-state index contributed by atoms with van der Waals surface area (Å²) in [6.07, 6.45) is 0.812. The van der Waals surface area contributed by atoms with E-state index >= 15 is 0 Å². The summed E-state index contributed by atoms with van der Waals surface area (Å²) in [4.78, 5) is 14.5. The molecule has 0 atom stereocenters. The Balaban J connectivity index is 2.24. The molecular formula is C20H19NO3. The molecule has 0 radical (unpaired) electrons. The van der Waals surface area contributed by atoms with E-state index in [1.165, 1.54) is 0 Å². The number of benzene rings is 3. The summed E-state index contributed by atoms with van der Waals surface area (Å²) in [5, 5.41) is 4.34. The lowest BCUT2D eigenvalue weighted by Gasteiger charge is -2.29. The van der Waals surface area contributed by atoms with Crippen LogP contribution in [0.1, 0.15) is 15.9 Å². The second kappa shape index (κ2) is 5.41. The molecule has 1 heterocycles. The average Bonchev–Trinajstić information content (AvgIpc) is 2.62. The third-order valence-electron chi connectivity index (χ3n) is 4.88. The normalized spacial score (nSPS) is 14.1. The molecule has 3 aromatic rings. The maximum atomic E-state index is 12.8. The molecule has 0 spiro atoms. The van der Waals surface area contributed by atoms with Crippen LogP contribution in [-0.4, -0.2) is 38.6 Å². The fraction of sp³-hybridized carbons (Fsp3) is 0.250. The van der Waals surface area contributed by atoms with Crippen molar-refractivity contribution in [2.24, 2.45) is 0 Å². The van der Waals surface area contributed by atoms with Gasteiger partial charge in [-0.3, -0.25) is 4.79 Å². The molecule has 122 valence electrons. The van der Waals surface area contributed by atoms with Gasteiger partial charge in [-0.2, -0.15) is 0 Å². The Morgan fingerprint density at radius 2 is 1.71 bits per heavy atom. The van der Waals surface area contributed by atoms with E-state index in [1.54, 1.807) is 19.1 Å². The number of methoxy groups -OCH3 is 2. The van der Waals surface area contributed by atoms with Crippen molar-refractivity contribution >= 4 is 27.5 Å². The molecule has 0 fully saturated rings. The smallest absolute Gasteiger partial charge is 0.257 e. The van der Waals surface area contributed by atoms with Gasteiger partial charge in [0.25, 0.3) is 5.91 Å². The van der Waals surface area contributed by atoms with E-state index in [2.05, 4.69) is 24.3 Å². The van der Waals surface area contributed by atoms with E-state index in [-0.39, 0.29) is 5.91 Å². The topological polar surface area (TPSA) is 38.8 Å². The lowest BCUT2D eigenvalue weighted by atomic mass is 9.89. The Morgan fingerprint density at radius 3 is 2.46 bits per heavy atom. The van der Waals surface area contributed by atoms with Gasteiger partial charge in [0.15, 0.2) is 11.5 Å². The molecular weight excluding hydrogens is 302 g/mol. The number of fused-ring (bicyclic) bond motifs is 5. The van der Waals surface area contributed by atoms with Crippen LogP contribution in [0, 0.1) is 0 Å². The SMILES string of the molecule is COc1c2c(c3ccc4ccccc4c3c1OC)CCN(C)C2=O. The molecule has 0 aromatic heterocycles. The summed E-state index contributed by atoms with van der Waals surface area (Å²) in [5.41, 5.74) is 1.68. The number of carbonyl (C=O) groups excluding carboxylic acids is 1. The lowest BCUT2D eigenvalue weighted by Crippen LogP contribution is -2.34. The first-order chi connectivity index (χ1) is 11.7. The van der Waals surface area contributed by atoms with Crippen molar-refractivity contribution < 1.29 is 14.3 Å². The van der Waals surface area contributed by atoms with Crippen molar-refractivity contribution in [1.82, 2.24) is 4.90 Å². The van der Waals surface area contributed by atoms with Gasteiger partial charge in [0, 0.05) is 19.0 Å². The Kier molecular flexibility index (Phi) is 3.34. The molecule has 24 heavy (non-hydrogen) atoms. The zero-order valence-electron chi connectivity index (χ0n) is 14.1. The number of hydrogen-bond acceptors (Lipinski definition) is 3. The molecule has 0 aliphatic carbocycles. The summed E-state index contributed by atoms with van der Waals surface area (Å²) in [6.45, 7) is 0.712. The molecule has 3 aromatic carbocycles. The van der Waals surface area contributed by atoms with Crippen LogP contribution in [0.5, 0.6) is 11.5 Å². The first kappa shape index (κ1) is 14.8. The predicted octanol–water partition coefficient (Wildman–Crippen LogP) is 3.64. The summed E-state index contributed by atoms with van der Waals surface area (Å²) in [6, 6.07) is 12.4. The number of ether oxygens (including phenoxy) is 2. The molecule has 1 aliphatic rings. The summed E-state index contributed by atoms with van der Waals surface area (Å²) < 4.78 is 11.3. The van der Waals surface area contributed by atoms with E-state index in [0.29, 0.717) is 23.6 Å². The Morgan fingerprint density at radius 1 is 0.958 bits per heavy atom. The molecule has 4 heteroatoms. The van der Waals surface area contributed by atoms with Gasteiger partial charge < -0.3 is 14.4 Å². The second-order valence-electron chi connectivity index (χ2n) is 6.11. The minimum atomic E-state index is -0.0125. The first-order valence-corrected chi connectivity index (χ1v) is 8.01. The van der Waals surface area contributed by atoms with Crippen LogP contribution < -0.4 is 9.47 Å². The maximum Gasteiger partial charge on any atom is 0.257 e. The summed E-state index contributed by atoms with van der Waals surface area (Å²) in [5.74, 6) is 1.15. The van der Waals surface area contributed by atoms with E-state index in [4.69, 9.17) is 9.47 Å². The fourth-order valence-electron chi connectivity index (χ4n) is 3.71. The van der Waals surface area contributed by atoms with Gasteiger partial charge in [0.05, 0.1) is 19.8 Å². The molecule has 0 saturated heterocycles. The van der Waals surface area contributed by atoms with Crippen LogP contribution >= 0.6 is 0 Å². The van der Waals surface area contributed by atoms with Gasteiger partial charge >= 0.3 is 0 Å². The molecule has 4 rings (SSSR count). The first-order valence-electron chi connectivity index (χ1n) is 8.01. The molecule has 0 bridgehead atoms. The van der Waals surface area contributed by atoms with Crippen molar-refractivity contribution in [3.63, 3.8) is 0 Å². The van der Waals surface area contributed by atoms with Crippen molar-refractivity contribution in [2.75, 3.05) is 27.8 Å². The second-order valence-corrected chi connectivity index (χ2v) is 6.11. The van der Waals surface area contributed by atoms with Gasteiger partial charge in [-0.1, -0.05) is 36.4 Å². The van der Waals surface area contributed by atoms with Crippen molar-refractivity contribution in [1.29, 1.82) is 0 Å². The van der Waals surface area contributed by atoms with Crippen LogP contribution in [0.2, 0.25) is 0 Å². The van der Waals surface area contributed by atoms with Crippen molar-refractivity contribution in [3.05, 3.63) is 47.5 Å². The lowest BCUT2D eigenvalue weighted by molar-refractivity contribution is 0.0777. The zero-order valence-corrected chi connectivity index (χ0v) is 14.1. The van der Waals surface area contributed by atoms with Gasteiger partial charge in [-0.25, -0.2) is 0 Å². The number of nitrogens with zero attached hydrogens (tertiary/aromatic N) is 1. The van der Waals surface area contributed by atoms with Crippen LogP contribution in [0.4, 0.5) is 0 Å².